The number of halogens is 1. The lowest BCUT2D eigenvalue weighted by Gasteiger charge is -2.12. The molecule has 3 N–H and O–H groups in total. The number of aromatic nitrogens is 4. The number of hydrogen-bond acceptors (Lipinski definition) is 7. The highest BCUT2D eigenvalue weighted by Gasteiger charge is 2.19. The van der Waals surface area contributed by atoms with Crippen LogP contribution >= 0.6 is 23.4 Å². The third-order valence-electron chi connectivity index (χ3n) is 3.61. The lowest BCUT2D eigenvalue weighted by atomic mass is 10.3. The van der Waals surface area contributed by atoms with Gasteiger partial charge in [-0.15, -0.1) is 5.10 Å². The van der Waals surface area contributed by atoms with Gasteiger partial charge in [0.1, 0.15) is 0 Å². The summed E-state index contributed by atoms with van der Waals surface area (Å²) >= 11 is 7.07. The van der Waals surface area contributed by atoms with E-state index in [-0.39, 0.29) is 10.8 Å². The number of tetrazole rings is 1. The number of carbonyl (C=O) groups excluding carboxylic acids is 1. The van der Waals surface area contributed by atoms with E-state index in [2.05, 4.69) is 20.8 Å². The molecule has 0 aliphatic carbocycles. The number of primary sulfonamides is 1. The van der Waals surface area contributed by atoms with Gasteiger partial charge in [-0.05, 0) is 65.9 Å². The van der Waals surface area contributed by atoms with Crippen LogP contribution in [0.4, 0.5) is 5.69 Å². The molecule has 0 bridgehead atoms. The predicted octanol–water partition coefficient (Wildman–Crippen LogP) is 2.08. The monoisotopic (exact) mass is 438 g/mol. The van der Waals surface area contributed by atoms with E-state index in [1.807, 2.05) is 0 Å². The molecular formula is C16H15ClN6O3S2. The van der Waals surface area contributed by atoms with Crippen LogP contribution in [0.2, 0.25) is 5.02 Å². The van der Waals surface area contributed by atoms with Crippen molar-refractivity contribution >= 4 is 45.0 Å². The largest absolute Gasteiger partial charge is 0.325 e. The summed E-state index contributed by atoms with van der Waals surface area (Å²) in [7, 11) is -3.78. The van der Waals surface area contributed by atoms with E-state index in [4.69, 9.17) is 16.7 Å². The topological polar surface area (TPSA) is 133 Å². The second-order valence-corrected chi connectivity index (χ2v) is 8.97. The lowest BCUT2D eigenvalue weighted by Crippen LogP contribution is -2.23. The van der Waals surface area contributed by atoms with E-state index in [9.17, 15) is 13.2 Å². The SMILES string of the molecule is CC(Sc1nnnn1-c1ccc(Cl)cc1)C(=O)Nc1ccc(S(N)(=O)=O)cc1. The van der Waals surface area contributed by atoms with Crippen LogP contribution < -0.4 is 10.5 Å². The second kappa shape index (κ2) is 8.27. The maximum absolute atomic E-state index is 12.4. The molecule has 0 fully saturated rings. The molecule has 28 heavy (non-hydrogen) atoms. The van der Waals surface area contributed by atoms with Gasteiger partial charge < -0.3 is 5.32 Å². The number of carbonyl (C=O) groups is 1. The lowest BCUT2D eigenvalue weighted by molar-refractivity contribution is -0.115. The third-order valence-corrected chi connectivity index (χ3v) is 5.83. The molecule has 1 aromatic heterocycles. The summed E-state index contributed by atoms with van der Waals surface area (Å²) in [6.07, 6.45) is 0. The fourth-order valence-electron chi connectivity index (χ4n) is 2.18. The molecule has 0 saturated heterocycles. The summed E-state index contributed by atoms with van der Waals surface area (Å²) < 4.78 is 24.1. The average molecular weight is 439 g/mol. The maximum atomic E-state index is 12.4. The van der Waals surface area contributed by atoms with Gasteiger partial charge in [-0.3, -0.25) is 4.79 Å². The van der Waals surface area contributed by atoms with E-state index < -0.39 is 15.3 Å². The fourth-order valence-corrected chi connectivity index (χ4v) is 3.63. The fraction of sp³-hybridized carbons (Fsp3) is 0.125. The molecule has 12 heteroatoms. The molecule has 0 saturated carbocycles. The average Bonchev–Trinajstić information content (AvgIpc) is 3.10. The summed E-state index contributed by atoms with van der Waals surface area (Å²) in [5.74, 6) is -0.293. The van der Waals surface area contributed by atoms with Crippen LogP contribution in [0.25, 0.3) is 5.69 Å². The number of sulfonamides is 1. The molecule has 0 radical (unpaired) electrons. The summed E-state index contributed by atoms with van der Waals surface area (Å²) in [6.45, 7) is 1.71. The molecule has 0 spiro atoms. The summed E-state index contributed by atoms with van der Waals surface area (Å²) in [5.41, 5.74) is 1.16. The molecule has 1 heterocycles. The van der Waals surface area contributed by atoms with Gasteiger partial charge in [0, 0.05) is 10.7 Å². The molecule has 1 unspecified atom stereocenters. The third kappa shape index (κ3) is 4.87. The Morgan fingerprint density at radius 2 is 1.82 bits per heavy atom. The predicted molar refractivity (Wildman–Crippen MR) is 106 cm³/mol. The van der Waals surface area contributed by atoms with Crippen LogP contribution in [-0.4, -0.2) is 39.8 Å². The molecule has 9 nitrogen and oxygen atoms in total. The van der Waals surface area contributed by atoms with Crippen LogP contribution in [-0.2, 0) is 14.8 Å². The van der Waals surface area contributed by atoms with Gasteiger partial charge >= 0.3 is 0 Å². The van der Waals surface area contributed by atoms with Crippen molar-refractivity contribution in [3.8, 4) is 5.69 Å². The van der Waals surface area contributed by atoms with Crippen molar-refractivity contribution in [2.45, 2.75) is 22.2 Å². The Hall–Kier alpha value is -2.47. The van der Waals surface area contributed by atoms with Crippen molar-refractivity contribution in [3.05, 3.63) is 53.6 Å². The van der Waals surface area contributed by atoms with Crippen LogP contribution in [0.1, 0.15) is 6.92 Å². The number of nitrogens with one attached hydrogen (secondary N) is 1. The van der Waals surface area contributed by atoms with Gasteiger partial charge in [-0.25, -0.2) is 13.6 Å². The number of nitrogens with two attached hydrogens (primary N) is 1. The molecule has 3 aromatic rings. The van der Waals surface area contributed by atoms with Crippen molar-refractivity contribution in [1.82, 2.24) is 20.2 Å². The highest BCUT2D eigenvalue weighted by Crippen LogP contribution is 2.24. The summed E-state index contributed by atoms with van der Waals surface area (Å²) in [4.78, 5) is 12.4. The van der Waals surface area contributed by atoms with Crippen LogP contribution in [0, 0.1) is 0 Å². The Kier molecular flexibility index (Phi) is 5.98. The first kappa shape index (κ1) is 20.3. The van der Waals surface area contributed by atoms with Crippen molar-refractivity contribution in [2.24, 2.45) is 5.14 Å². The minimum Gasteiger partial charge on any atom is -0.325 e. The first-order chi connectivity index (χ1) is 13.2. The van der Waals surface area contributed by atoms with E-state index in [0.29, 0.717) is 21.6 Å². The zero-order valence-corrected chi connectivity index (χ0v) is 16.9. The number of anilines is 1. The second-order valence-electron chi connectivity index (χ2n) is 5.67. The molecule has 0 aliphatic rings. The smallest absolute Gasteiger partial charge is 0.238 e. The summed E-state index contributed by atoms with van der Waals surface area (Å²) in [6, 6.07) is 12.5. The van der Waals surface area contributed by atoms with E-state index >= 15 is 0 Å². The Balaban J connectivity index is 1.68. The summed E-state index contributed by atoms with van der Waals surface area (Å²) in [5, 5.41) is 19.8. The van der Waals surface area contributed by atoms with Gasteiger partial charge in [0.05, 0.1) is 15.8 Å². The van der Waals surface area contributed by atoms with Gasteiger partial charge in [-0.2, -0.15) is 4.68 Å². The molecule has 0 aliphatic heterocycles. The van der Waals surface area contributed by atoms with Crippen LogP contribution in [0.3, 0.4) is 0 Å². The normalized spacial score (nSPS) is 12.5. The number of thioether (sulfide) groups is 1. The van der Waals surface area contributed by atoms with Gasteiger partial charge in [0.25, 0.3) is 0 Å². The molecule has 3 rings (SSSR count). The number of rotatable bonds is 6. The van der Waals surface area contributed by atoms with Gasteiger partial charge in [0.15, 0.2) is 0 Å². The van der Waals surface area contributed by atoms with Crippen LogP contribution in [0.15, 0.2) is 58.6 Å². The van der Waals surface area contributed by atoms with Crippen molar-refractivity contribution in [2.75, 3.05) is 5.32 Å². The minimum atomic E-state index is -3.78. The van der Waals surface area contributed by atoms with Crippen LogP contribution in [0.5, 0.6) is 0 Å². The Labute approximate surface area is 170 Å². The first-order valence-corrected chi connectivity index (χ1v) is 10.7. The highest BCUT2D eigenvalue weighted by atomic mass is 35.5. The molecular weight excluding hydrogens is 424 g/mol. The van der Waals surface area contributed by atoms with Crippen molar-refractivity contribution in [1.29, 1.82) is 0 Å². The van der Waals surface area contributed by atoms with E-state index in [0.717, 1.165) is 0 Å². The van der Waals surface area contributed by atoms with E-state index in [1.54, 1.807) is 31.2 Å². The molecule has 2 aromatic carbocycles. The quantitative estimate of drug-likeness (QED) is 0.563. The molecule has 1 amide bonds. The highest BCUT2D eigenvalue weighted by molar-refractivity contribution is 8.00. The number of nitrogens with zero attached hydrogens (tertiary/aromatic N) is 4. The molecule has 1 atom stereocenters. The molecule has 146 valence electrons. The standard InChI is InChI=1S/C16H15ClN6O3S2/c1-10(15(24)19-12-4-8-14(9-5-12)28(18,25)26)27-16-20-21-22-23(16)13-6-2-11(17)3-7-13/h2-10H,1H3,(H,19,24)(H2,18,25,26). The van der Waals surface area contributed by atoms with Crippen molar-refractivity contribution in [3.63, 3.8) is 0 Å². The van der Waals surface area contributed by atoms with E-state index in [1.165, 1.54) is 40.7 Å². The van der Waals surface area contributed by atoms with Gasteiger partial charge in [0.2, 0.25) is 21.1 Å². The Morgan fingerprint density at radius 3 is 2.43 bits per heavy atom. The Bertz CT molecular complexity index is 1080. The number of benzene rings is 2. The minimum absolute atomic E-state index is 0.0323. The maximum Gasteiger partial charge on any atom is 0.238 e. The zero-order valence-electron chi connectivity index (χ0n) is 14.5. The first-order valence-electron chi connectivity index (χ1n) is 7.89. The number of amides is 1. The Morgan fingerprint density at radius 1 is 1.18 bits per heavy atom. The van der Waals surface area contributed by atoms with Crippen molar-refractivity contribution < 1.29 is 13.2 Å². The van der Waals surface area contributed by atoms with Gasteiger partial charge in [-0.1, -0.05) is 23.4 Å². The zero-order chi connectivity index (χ0) is 20.3. The number of hydrogen-bond donors (Lipinski definition) is 2.